The second-order valence-electron chi connectivity index (χ2n) is 3.72. The van der Waals surface area contributed by atoms with Gasteiger partial charge in [-0.05, 0) is 38.1 Å². The Balaban J connectivity index is 2.38. The molecule has 2 aromatic rings. The van der Waals surface area contributed by atoms with E-state index >= 15 is 0 Å². The Morgan fingerprint density at radius 2 is 1.69 bits per heavy atom. The first-order chi connectivity index (χ1) is 7.72. The number of hydrogen-bond acceptors (Lipinski definition) is 2. The predicted molar refractivity (Wildman–Crippen MR) is 64.1 cm³/mol. The number of para-hydroxylation sites is 1. The molecular formula is C13H13N3. The number of benzene rings is 1. The molecule has 0 aliphatic rings. The lowest BCUT2D eigenvalue weighted by atomic mass is 10.2. The van der Waals surface area contributed by atoms with Crippen LogP contribution in [-0.2, 0) is 0 Å². The van der Waals surface area contributed by atoms with E-state index in [2.05, 4.69) is 11.5 Å². The van der Waals surface area contributed by atoms with Crippen LogP contribution in [-0.4, -0.2) is 4.68 Å². The van der Waals surface area contributed by atoms with Gasteiger partial charge in [-0.1, -0.05) is 12.1 Å². The maximum Gasteiger partial charge on any atom is 0.101 e. The maximum absolute atomic E-state index is 8.99. The Kier molecular flexibility index (Phi) is 2.65. The highest BCUT2D eigenvalue weighted by Crippen LogP contribution is 2.16. The van der Waals surface area contributed by atoms with Crippen LogP contribution in [0.15, 0.2) is 36.4 Å². The quantitative estimate of drug-likeness (QED) is 0.829. The van der Waals surface area contributed by atoms with Crippen molar-refractivity contribution in [2.24, 2.45) is 0 Å². The average Bonchev–Trinajstić information content (AvgIpc) is 2.61. The first kappa shape index (κ1) is 10.3. The third kappa shape index (κ3) is 1.78. The van der Waals surface area contributed by atoms with Crippen molar-refractivity contribution in [3.05, 3.63) is 53.3 Å². The third-order valence-corrected chi connectivity index (χ3v) is 2.55. The van der Waals surface area contributed by atoms with Gasteiger partial charge in [-0.25, -0.2) is 0 Å². The summed E-state index contributed by atoms with van der Waals surface area (Å²) >= 11 is 0. The van der Waals surface area contributed by atoms with Gasteiger partial charge in [-0.15, -0.1) is 0 Å². The third-order valence-electron chi connectivity index (χ3n) is 2.55. The number of aryl methyl sites for hydroxylation is 2. The van der Waals surface area contributed by atoms with Gasteiger partial charge in [0.25, 0.3) is 0 Å². The number of aromatic nitrogens is 1. The van der Waals surface area contributed by atoms with Crippen molar-refractivity contribution < 1.29 is 0 Å². The summed E-state index contributed by atoms with van der Waals surface area (Å²) in [5, 5.41) is 8.99. The molecule has 0 aliphatic heterocycles. The number of nitriles is 1. The molecule has 0 atom stereocenters. The number of rotatable bonds is 2. The van der Waals surface area contributed by atoms with Crippen LogP contribution in [0.2, 0.25) is 0 Å². The average molecular weight is 211 g/mol. The van der Waals surface area contributed by atoms with Crippen molar-refractivity contribution in [1.82, 2.24) is 4.68 Å². The Labute approximate surface area is 94.9 Å². The topological polar surface area (TPSA) is 40.8 Å². The molecule has 16 heavy (non-hydrogen) atoms. The first-order valence-electron chi connectivity index (χ1n) is 5.13. The van der Waals surface area contributed by atoms with Crippen molar-refractivity contribution in [2.75, 3.05) is 5.43 Å². The largest absolute Gasteiger partial charge is 0.293 e. The van der Waals surface area contributed by atoms with E-state index in [1.165, 1.54) is 0 Å². The Morgan fingerprint density at radius 3 is 2.31 bits per heavy atom. The summed E-state index contributed by atoms with van der Waals surface area (Å²) in [6.45, 7) is 4.05. The van der Waals surface area contributed by atoms with Gasteiger partial charge in [-0.2, -0.15) is 5.26 Å². The van der Waals surface area contributed by atoms with Gasteiger partial charge in [0.1, 0.15) is 6.07 Å². The molecule has 1 aromatic heterocycles. The van der Waals surface area contributed by atoms with E-state index in [-0.39, 0.29) is 0 Å². The van der Waals surface area contributed by atoms with E-state index in [1.54, 1.807) is 6.07 Å². The van der Waals surface area contributed by atoms with E-state index in [0.717, 1.165) is 17.1 Å². The van der Waals surface area contributed by atoms with Gasteiger partial charge in [0.15, 0.2) is 0 Å². The summed E-state index contributed by atoms with van der Waals surface area (Å²) in [7, 11) is 0. The van der Waals surface area contributed by atoms with E-state index in [4.69, 9.17) is 5.26 Å². The molecule has 0 saturated carbocycles. The molecule has 0 spiro atoms. The molecule has 0 bridgehead atoms. The van der Waals surface area contributed by atoms with Crippen LogP contribution in [0.1, 0.15) is 17.0 Å². The van der Waals surface area contributed by atoms with Crippen molar-refractivity contribution in [3.63, 3.8) is 0 Å². The Bertz CT molecular complexity index is 527. The van der Waals surface area contributed by atoms with Crippen LogP contribution in [0.4, 0.5) is 5.69 Å². The minimum atomic E-state index is 0.648. The molecule has 3 heteroatoms. The highest BCUT2D eigenvalue weighted by Gasteiger charge is 2.04. The normalized spacial score (nSPS) is 9.81. The predicted octanol–water partition coefficient (Wildman–Crippen LogP) is 2.85. The van der Waals surface area contributed by atoms with Gasteiger partial charge >= 0.3 is 0 Å². The van der Waals surface area contributed by atoms with Crippen LogP contribution in [0.25, 0.3) is 0 Å². The second-order valence-corrected chi connectivity index (χ2v) is 3.72. The van der Waals surface area contributed by atoms with Gasteiger partial charge in [0.2, 0.25) is 0 Å². The first-order valence-corrected chi connectivity index (χ1v) is 5.13. The van der Waals surface area contributed by atoms with Gasteiger partial charge in [-0.3, -0.25) is 10.1 Å². The van der Waals surface area contributed by atoms with Crippen molar-refractivity contribution in [3.8, 4) is 6.07 Å². The Hall–Kier alpha value is -2.21. The minimum absolute atomic E-state index is 0.648. The van der Waals surface area contributed by atoms with Crippen LogP contribution >= 0.6 is 0 Å². The van der Waals surface area contributed by atoms with Crippen molar-refractivity contribution in [2.45, 2.75) is 13.8 Å². The van der Waals surface area contributed by atoms with Gasteiger partial charge < -0.3 is 0 Å². The van der Waals surface area contributed by atoms with Gasteiger partial charge in [0, 0.05) is 11.4 Å². The number of hydrogen-bond donors (Lipinski definition) is 1. The lowest BCUT2D eigenvalue weighted by Gasteiger charge is -2.13. The van der Waals surface area contributed by atoms with E-state index in [1.807, 2.05) is 48.9 Å². The molecule has 0 unspecified atom stereocenters. The van der Waals surface area contributed by atoms with Crippen LogP contribution in [0.5, 0.6) is 0 Å². The number of nitrogens with one attached hydrogen (secondary N) is 1. The summed E-state index contributed by atoms with van der Waals surface area (Å²) in [4.78, 5) is 0. The minimum Gasteiger partial charge on any atom is -0.293 e. The summed E-state index contributed by atoms with van der Waals surface area (Å²) in [6, 6.07) is 13.7. The molecule has 0 radical (unpaired) electrons. The standard InChI is InChI=1S/C13H13N3/c1-10-7-8-11(2)16(10)15-13-6-4-3-5-12(13)9-14/h3-8,15H,1-2H3. The molecule has 0 fully saturated rings. The number of anilines is 1. The molecular weight excluding hydrogens is 198 g/mol. The highest BCUT2D eigenvalue weighted by atomic mass is 15.4. The zero-order chi connectivity index (χ0) is 11.5. The fourth-order valence-corrected chi connectivity index (χ4v) is 1.64. The summed E-state index contributed by atoms with van der Waals surface area (Å²) in [5.41, 5.74) is 6.94. The van der Waals surface area contributed by atoms with Crippen LogP contribution in [0, 0.1) is 25.2 Å². The fourth-order valence-electron chi connectivity index (χ4n) is 1.64. The monoisotopic (exact) mass is 211 g/mol. The molecule has 2 rings (SSSR count). The van der Waals surface area contributed by atoms with E-state index in [9.17, 15) is 0 Å². The second kappa shape index (κ2) is 4.11. The lowest BCUT2D eigenvalue weighted by Crippen LogP contribution is -2.12. The smallest absolute Gasteiger partial charge is 0.101 e. The fraction of sp³-hybridized carbons (Fsp3) is 0.154. The summed E-state index contributed by atoms with van der Waals surface area (Å²) in [5.74, 6) is 0. The summed E-state index contributed by atoms with van der Waals surface area (Å²) < 4.78 is 1.97. The molecule has 1 aromatic carbocycles. The van der Waals surface area contributed by atoms with Crippen molar-refractivity contribution in [1.29, 1.82) is 5.26 Å². The van der Waals surface area contributed by atoms with Crippen molar-refractivity contribution >= 4 is 5.69 Å². The zero-order valence-electron chi connectivity index (χ0n) is 9.36. The molecule has 1 N–H and O–H groups in total. The SMILES string of the molecule is Cc1ccc(C)n1Nc1ccccc1C#N. The van der Waals surface area contributed by atoms with Crippen LogP contribution < -0.4 is 5.43 Å². The van der Waals surface area contributed by atoms with Crippen LogP contribution in [0.3, 0.4) is 0 Å². The molecule has 1 heterocycles. The molecule has 80 valence electrons. The molecule has 0 aliphatic carbocycles. The number of nitrogens with zero attached hydrogens (tertiary/aromatic N) is 2. The maximum atomic E-state index is 8.99. The lowest BCUT2D eigenvalue weighted by molar-refractivity contribution is 0.881. The molecule has 0 saturated heterocycles. The molecule has 0 amide bonds. The summed E-state index contributed by atoms with van der Waals surface area (Å²) in [6.07, 6.45) is 0. The zero-order valence-corrected chi connectivity index (χ0v) is 9.36. The highest BCUT2D eigenvalue weighted by molar-refractivity contribution is 5.57. The molecule has 3 nitrogen and oxygen atoms in total. The Morgan fingerprint density at radius 1 is 1.06 bits per heavy atom. The van der Waals surface area contributed by atoms with Gasteiger partial charge in [0.05, 0.1) is 11.3 Å². The van der Waals surface area contributed by atoms with E-state index < -0.39 is 0 Å². The van der Waals surface area contributed by atoms with E-state index in [0.29, 0.717) is 5.56 Å².